The summed E-state index contributed by atoms with van der Waals surface area (Å²) in [5.74, 6) is 0.393. The lowest BCUT2D eigenvalue weighted by molar-refractivity contribution is -0.0859. The molecule has 20 heavy (non-hydrogen) atoms. The maximum atomic E-state index is 12.4. The summed E-state index contributed by atoms with van der Waals surface area (Å²) in [5.41, 5.74) is 0.300. The number of amides is 1. The largest absolute Gasteiger partial charge is 0.394 e. The highest BCUT2D eigenvalue weighted by atomic mass is 16.5. The van der Waals surface area contributed by atoms with E-state index in [4.69, 9.17) is 4.74 Å². The van der Waals surface area contributed by atoms with E-state index in [0.29, 0.717) is 31.1 Å². The van der Waals surface area contributed by atoms with Crippen LogP contribution in [0.4, 0.5) is 5.82 Å². The number of aliphatic hydroxyl groups excluding tert-OH is 1. The number of nitrogens with zero attached hydrogens (tertiary/aromatic N) is 3. The molecule has 7 nitrogen and oxygen atoms in total. The van der Waals surface area contributed by atoms with Crippen LogP contribution in [0.2, 0.25) is 0 Å². The zero-order chi connectivity index (χ0) is 14.5. The molecule has 2 unspecified atom stereocenters. The van der Waals surface area contributed by atoms with E-state index < -0.39 is 0 Å². The third-order valence-corrected chi connectivity index (χ3v) is 3.03. The number of rotatable bonds is 4. The number of carbonyl (C=O) groups excluding carboxylic acids is 1. The molecule has 2 rings (SSSR count). The Bertz CT molecular complexity index is 469. The van der Waals surface area contributed by atoms with Gasteiger partial charge in [0.05, 0.1) is 31.2 Å². The van der Waals surface area contributed by atoms with Gasteiger partial charge in [-0.05, 0) is 13.8 Å². The maximum absolute atomic E-state index is 12.4. The SMILES string of the molecule is CCNc1cncc(C(=O)N2CC(C)OC(CO)C2)n1. The normalized spacial score (nSPS) is 22.6. The minimum absolute atomic E-state index is 0.1000. The van der Waals surface area contributed by atoms with Crippen molar-refractivity contribution in [3.8, 4) is 0 Å². The van der Waals surface area contributed by atoms with Gasteiger partial charge in [0, 0.05) is 19.6 Å². The van der Waals surface area contributed by atoms with Crippen LogP contribution in [-0.4, -0.2) is 64.3 Å². The van der Waals surface area contributed by atoms with Gasteiger partial charge in [-0.1, -0.05) is 0 Å². The summed E-state index contributed by atoms with van der Waals surface area (Å²) in [6.45, 7) is 5.30. The molecule has 7 heteroatoms. The molecule has 0 aliphatic carbocycles. The highest BCUT2D eigenvalue weighted by Gasteiger charge is 2.29. The molecule has 0 aromatic carbocycles. The van der Waals surface area contributed by atoms with Gasteiger partial charge in [0.25, 0.3) is 5.91 Å². The van der Waals surface area contributed by atoms with E-state index in [9.17, 15) is 9.90 Å². The minimum atomic E-state index is -0.340. The highest BCUT2D eigenvalue weighted by molar-refractivity contribution is 5.92. The Balaban J connectivity index is 2.11. The number of nitrogens with one attached hydrogen (secondary N) is 1. The molecule has 1 saturated heterocycles. The lowest BCUT2D eigenvalue weighted by Gasteiger charge is -2.35. The summed E-state index contributed by atoms with van der Waals surface area (Å²) in [5, 5.41) is 12.2. The summed E-state index contributed by atoms with van der Waals surface area (Å²) in [7, 11) is 0. The zero-order valence-corrected chi connectivity index (χ0v) is 11.7. The van der Waals surface area contributed by atoms with Gasteiger partial charge in [0.15, 0.2) is 0 Å². The molecule has 0 spiro atoms. The molecule has 1 aromatic heterocycles. The maximum Gasteiger partial charge on any atom is 0.274 e. The predicted molar refractivity (Wildman–Crippen MR) is 73.5 cm³/mol. The van der Waals surface area contributed by atoms with E-state index in [-0.39, 0.29) is 24.7 Å². The topological polar surface area (TPSA) is 87.6 Å². The van der Waals surface area contributed by atoms with Crippen LogP contribution < -0.4 is 5.32 Å². The molecule has 0 saturated carbocycles. The number of ether oxygens (including phenoxy) is 1. The monoisotopic (exact) mass is 280 g/mol. The lowest BCUT2D eigenvalue weighted by Crippen LogP contribution is -2.50. The first-order chi connectivity index (χ1) is 9.63. The van der Waals surface area contributed by atoms with Crippen LogP contribution in [0.15, 0.2) is 12.4 Å². The molecule has 110 valence electrons. The second kappa shape index (κ2) is 6.62. The number of hydrogen-bond donors (Lipinski definition) is 2. The smallest absolute Gasteiger partial charge is 0.274 e. The predicted octanol–water partition coefficient (Wildman–Crippen LogP) is 0.130. The molecule has 1 aromatic rings. The van der Waals surface area contributed by atoms with Crippen molar-refractivity contribution < 1.29 is 14.6 Å². The van der Waals surface area contributed by atoms with Crippen LogP contribution in [0.5, 0.6) is 0 Å². The quantitative estimate of drug-likeness (QED) is 0.815. The number of morpholine rings is 1. The van der Waals surface area contributed by atoms with Crippen LogP contribution >= 0.6 is 0 Å². The first-order valence-corrected chi connectivity index (χ1v) is 6.75. The van der Waals surface area contributed by atoms with Gasteiger partial charge in [0.2, 0.25) is 0 Å². The van der Waals surface area contributed by atoms with Crippen LogP contribution in [0, 0.1) is 0 Å². The van der Waals surface area contributed by atoms with Crippen LogP contribution in [-0.2, 0) is 4.74 Å². The van der Waals surface area contributed by atoms with Gasteiger partial charge in [-0.25, -0.2) is 4.98 Å². The summed E-state index contributed by atoms with van der Waals surface area (Å²) in [6, 6.07) is 0. The Morgan fingerprint density at radius 1 is 1.55 bits per heavy atom. The van der Waals surface area contributed by atoms with E-state index in [2.05, 4.69) is 15.3 Å². The van der Waals surface area contributed by atoms with E-state index in [1.54, 1.807) is 11.1 Å². The Morgan fingerprint density at radius 3 is 3.05 bits per heavy atom. The van der Waals surface area contributed by atoms with Gasteiger partial charge in [-0.15, -0.1) is 0 Å². The molecule has 1 amide bonds. The summed E-state index contributed by atoms with van der Waals surface area (Å²) >= 11 is 0. The van der Waals surface area contributed by atoms with Gasteiger partial charge in [0.1, 0.15) is 11.5 Å². The lowest BCUT2D eigenvalue weighted by atomic mass is 10.2. The van der Waals surface area contributed by atoms with Crippen molar-refractivity contribution in [1.29, 1.82) is 0 Å². The molecule has 0 radical (unpaired) electrons. The Morgan fingerprint density at radius 2 is 2.35 bits per heavy atom. The highest BCUT2D eigenvalue weighted by Crippen LogP contribution is 2.14. The molecule has 0 bridgehead atoms. The molecule has 1 aliphatic rings. The molecule has 2 heterocycles. The number of aromatic nitrogens is 2. The van der Waals surface area contributed by atoms with Crippen LogP contribution in [0.1, 0.15) is 24.3 Å². The number of carbonyl (C=O) groups is 1. The first kappa shape index (κ1) is 14.7. The summed E-state index contributed by atoms with van der Waals surface area (Å²) in [6.07, 6.45) is 2.60. The van der Waals surface area contributed by atoms with Gasteiger partial charge in [-0.3, -0.25) is 9.78 Å². The Kier molecular flexibility index (Phi) is 4.86. The third-order valence-electron chi connectivity index (χ3n) is 3.03. The van der Waals surface area contributed by atoms with Crippen molar-refractivity contribution in [3.05, 3.63) is 18.1 Å². The summed E-state index contributed by atoms with van der Waals surface area (Å²) in [4.78, 5) is 22.3. The fourth-order valence-electron chi connectivity index (χ4n) is 2.21. The van der Waals surface area contributed by atoms with Crippen molar-refractivity contribution in [2.75, 3.05) is 31.6 Å². The van der Waals surface area contributed by atoms with Crippen molar-refractivity contribution in [2.45, 2.75) is 26.1 Å². The molecule has 2 N–H and O–H groups in total. The van der Waals surface area contributed by atoms with Crippen LogP contribution in [0.3, 0.4) is 0 Å². The second-order valence-corrected chi connectivity index (χ2v) is 4.78. The number of aliphatic hydroxyl groups is 1. The van der Waals surface area contributed by atoms with Crippen molar-refractivity contribution in [3.63, 3.8) is 0 Å². The Hall–Kier alpha value is -1.73. The number of anilines is 1. The molecule has 1 aliphatic heterocycles. The fourth-order valence-corrected chi connectivity index (χ4v) is 2.21. The molecule has 1 fully saturated rings. The minimum Gasteiger partial charge on any atom is -0.394 e. The standard InChI is InChI=1S/C13H20N4O3/c1-3-15-12-5-14-4-11(16-12)13(19)17-6-9(2)20-10(7-17)8-18/h4-5,9-10,18H,3,6-8H2,1-2H3,(H,15,16). The third kappa shape index (κ3) is 3.43. The second-order valence-electron chi connectivity index (χ2n) is 4.78. The van der Waals surface area contributed by atoms with E-state index in [1.807, 2.05) is 13.8 Å². The van der Waals surface area contributed by atoms with Gasteiger partial charge < -0.3 is 20.1 Å². The molecular weight excluding hydrogens is 260 g/mol. The summed E-state index contributed by atoms with van der Waals surface area (Å²) < 4.78 is 5.52. The van der Waals surface area contributed by atoms with E-state index >= 15 is 0 Å². The van der Waals surface area contributed by atoms with Crippen LogP contribution in [0.25, 0.3) is 0 Å². The first-order valence-electron chi connectivity index (χ1n) is 6.75. The average Bonchev–Trinajstić information content (AvgIpc) is 2.46. The van der Waals surface area contributed by atoms with E-state index in [0.717, 1.165) is 0 Å². The molecular formula is C13H20N4O3. The fraction of sp³-hybridized carbons (Fsp3) is 0.615. The number of hydrogen-bond acceptors (Lipinski definition) is 6. The van der Waals surface area contributed by atoms with Crippen molar-refractivity contribution in [2.24, 2.45) is 0 Å². The zero-order valence-electron chi connectivity index (χ0n) is 11.7. The van der Waals surface area contributed by atoms with Gasteiger partial charge >= 0.3 is 0 Å². The Labute approximate surface area is 118 Å². The van der Waals surface area contributed by atoms with Crippen molar-refractivity contribution >= 4 is 11.7 Å². The molecule has 2 atom stereocenters. The average molecular weight is 280 g/mol. The van der Waals surface area contributed by atoms with E-state index in [1.165, 1.54) is 6.20 Å². The van der Waals surface area contributed by atoms with Crippen molar-refractivity contribution in [1.82, 2.24) is 14.9 Å². The van der Waals surface area contributed by atoms with Gasteiger partial charge in [-0.2, -0.15) is 0 Å².